The molecule has 0 amide bonds. The maximum Gasteiger partial charge on any atom is 0.0543 e. The third-order valence-electron chi connectivity index (χ3n) is 3.20. The van der Waals surface area contributed by atoms with Crippen molar-refractivity contribution in [2.24, 2.45) is 0 Å². The van der Waals surface area contributed by atoms with Gasteiger partial charge in [0.05, 0.1) is 6.10 Å². The van der Waals surface area contributed by atoms with Crippen molar-refractivity contribution in [1.82, 2.24) is 0 Å². The number of rotatable bonds is 8. The molecule has 1 rings (SSSR count). The predicted octanol–water partition coefficient (Wildman–Crippen LogP) is 4.12. The van der Waals surface area contributed by atoms with Crippen LogP contribution in [0.5, 0.6) is 0 Å². The van der Waals surface area contributed by atoms with E-state index >= 15 is 0 Å². The normalized spacial score (nSPS) is 12.6. The van der Waals surface area contributed by atoms with Crippen molar-refractivity contribution in [3.05, 3.63) is 35.4 Å². The Kier molecular flexibility index (Phi) is 6.95. The average molecular weight is 234 g/mol. The fraction of sp³-hybridized carbons (Fsp3) is 0.625. The van der Waals surface area contributed by atoms with E-state index in [2.05, 4.69) is 38.1 Å². The Morgan fingerprint density at radius 2 is 1.71 bits per heavy atom. The van der Waals surface area contributed by atoms with Gasteiger partial charge in [0.15, 0.2) is 0 Å². The second kappa shape index (κ2) is 8.30. The minimum Gasteiger partial charge on any atom is -0.393 e. The quantitative estimate of drug-likeness (QED) is 0.717. The second-order valence-electron chi connectivity index (χ2n) is 4.90. The van der Waals surface area contributed by atoms with Crippen LogP contribution in [0.2, 0.25) is 0 Å². The van der Waals surface area contributed by atoms with E-state index in [1.165, 1.54) is 30.4 Å². The van der Waals surface area contributed by atoms with Crippen molar-refractivity contribution in [2.45, 2.75) is 64.9 Å². The van der Waals surface area contributed by atoms with Crippen LogP contribution in [0, 0.1) is 0 Å². The van der Waals surface area contributed by atoms with Gasteiger partial charge in [0.2, 0.25) is 0 Å². The highest BCUT2D eigenvalue weighted by atomic mass is 16.3. The Balaban J connectivity index is 2.42. The lowest BCUT2D eigenvalue weighted by Crippen LogP contribution is -2.07. The summed E-state index contributed by atoms with van der Waals surface area (Å²) >= 11 is 0. The van der Waals surface area contributed by atoms with E-state index in [4.69, 9.17) is 0 Å². The zero-order valence-corrected chi connectivity index (χ0v) is 11.3. The number of hydrogen-bond donors (Lipinski definition) is 1. The van der Waals surface area contributed by atoms with E-state index in [1.54, 1.807) is 0 Å². The van der Waals surface area contributed by atoms with E-state index in [9.17, 15) is 5.11 Å². The van der Waals surface area contributed by atoms with Crippen LogP contribution in [0.3, 0.4) is 0 Å². The molecule has 0 spiro atoms. The number of aryl methyl sites for hydroxylation is 2. The first-order chi connectivity index (χ1) is 8.26. The first kappa shape index (κ1) is 14.2. The highest BCUT2D eigenvalue weighted by Gasteiger charge is 2.03. The highest BCUT2D eigenvalue weighted by molar-refractivity contribution is 5.23. The molecule has 1 atom stereocenters. The average Bonchev–Trinajstić information content (AvgIpc) is 2.35. The van der Waals surface area contributed by atoms with Crippen LogP contribution in [0.4, 0.5) is 0 Å². The largest absolute Gasteiger partial charge is 0.393 e. The van der Waals surface area contributed by atoms with Crippen molar-refractivity contribution < 1.29 is 5.11 Å². The van der Waals surface area contributed by atoms with Crippen molar-refractivity contribution in [2.75, 3.05) is 0 Å². The zero-order chi connectivity index (χ0) is 12.5. The molecule has 1 N–H and O–H groups in total. The van der Waals surface area contributed by atoms with Gasteiger partial charge in [0.25, 0.3) is 0 Å². The fourth-order valence-electron chi connectivity index (χ4n) is 2.13. The summed E-state index contributed by atoms with van der Waals surface area (Å²) in [7, 11) is 0. The van der Waals surface area contributed by atoms with Gasteiger partial charge >= 0.3 is 0 Å². The summed E-state index contributed by atoms with van der Waals surface area (Å²) in [6.07, 6.45) is 7.46. The fourth-order valence-corrected chi connectivity index (χ4v) is 2.13. The number of aliphatic hydroxyl groups is 1. The van der Waals surface area contributed by atoms with Crippen LogP contribution in [-0.4, -0.2) is 11.2 Å². The van der Waals surface area contributed by atoms with Crippen LogP contribution in [0.25, 0.3) is 0 Å². The molecule has 0 saturated carbocycles. The molecule has 1 heteroatoms. The molecule has 0 fully saturated rings. The van der Waals surface area contributed by atoms with Crippen LogP contribution in [-0.2, 0) is 12.8 Å². The summed E-state index contributed by atoms with van der Waals surface area (Å²) in [6.45, 7) is 4.35. The maximum absolute atomic E-state index is 9.72. The molecular formula is C16H26O. The Labute approximate surface area is 106 Å². The van der Waals surface area contributed by atoms with Gasteiger partial charge in [-0.25, -0.2) is 0 Å². The zero-order valence-electron chi connectivity index (χ0n) is 11.3. The molecule has 1 aromatic carbocycles. The van der Waals surface area contributed by atoms with E-state index in [-0.39, 0.29) is 6.10 Å². The molecule has 0 heterocycles. The maximum atomic E-state index is 9.72. The molecule has 0 aliphatic carbocycles. The van der Waals surface area contributed by atoms with E-state index in [1.807, 2.05) is 0 Å². The van der Waals surface area contributed by atoms with Gasteiger partial charge in [-0.3, -0.25) is 0 Å². The van der Waals surface area contributed by atoms with Gasteiger partial charge in [-0.05, 0) is 43.2 Å². The number of aliphatic hydroxyl groups excluding tert-OH is 1. The van der Waals surface area contributed by atoms with Gasteiger partial charge in [-0.1, -0.05) is 51.0 Å². The summed E-state index contributed by atoms with van der Waals surface area (Å²) in [6, 6.07) is 8.83. The van der Waals surface area contributed by atoms with Crippen molar-refractivity contribution in [3.63, 3.8) is 0 Å². The number of hydrogen-bond acceptors (Lipinski definition) is 1. The van der Waals surface area contributed by atoms with E-state index in [0.717, 1.165) is 25.7 Å². The second-order valence-corrected chi connectivity index (χ2v) is 4.90. The van der Waals surface area contributed by atoms with Crippen molar-refractivity contribution in [3.8, 4) is 0 Å². The minimum atomic E-state index is -0.126. The molecule has 1 unspecified atom stereocenters. The molecule has 0 aromatic heterocycles. The SMILES string of the molecule is CCCCc1cccc(CCC(O)CCC)c1. The Morgan fingerprint density at radius 3 is 2.35 bits per heavy atom. The summed E-state index contributed by atoms with van der Waals surface area (Å²) < 4.78 is 0. The van der Waals surface area contributed by atoms with Crippen molar-refractivity contribution in [1.29, 1.82) is 0 Å². The smallest absolute Gasteiger partial charge is 0.0543 e. The predicted molar refractivity (Wildman–Crippen MR) is 74.3 cm³/mol. The van der Waals surface area contributed by atoms with Crippen LogP contribution in [0.1, 0.15) is 57.1 Å². The lowest BCUT2D eigenvalue weighted by Gasteiger charge is -2.09. The van der Waals surface area contributed by atoms with E-state index < -0.39 is 0 Å². The summed E-state index contributed by atoms with van der Waals surface area (Å²) in [5.74, 6) is 0. The first-order valence-corrected chi connectivity index (χ1v) is 7.02. The van der Waals surface area contributed by atoms with Gasteiger partial charge in [0, 0.05) is 0 Å². The molecule has 0 aliphatic heterocycles. The monoisotopic (exact) mass is 234 g/mol. The summed E-state index contributed by atoms with van der Waals surface area (Å²) in [5.41, 5.74) is 2.81. The summed E-state index contributed by atoms with van der Waals surface area (Å²) in [4.78, 5) is 0. The molecule has 17 heavy (non-hydrogen) atoms. The molecular weight excluding hydrogens is 208 g/mol. The number of unbranched alkanes of at least 4 members (excludes halogenated alkanes) is 1. The lowest BCUT2D eigenvalue weighted by molar-refractivity contribution is 0.154. The van der Waals surface area contributed by atoms with E-state index in [0.29, 0.717) is 0 Å². The standard InChI is InChI=1S/C16H26O/c1-3-5-8-14-9-6-10-15(13-14)11-12-16(17)7-4-2/h6,9-10,13,16-17H,3-5,7-8,11-12H2,1-2H3. The first-order valence-electron chi connectivity index (χ1n) is 7.02. The minimum absolute atomic E-state index is 0.126. The Morgan fingerprint density at radius 1 is 1.00 bits per heavy atom. The molecule has 0 saturated heterocycles. The van der Waals surface area contributed by atoms with Gasteiger partial charge in [-0.2, -0.15) is 0 Å². The third-order valence-corrected chi connectivity index (χ3v) is 3.20. The Hall–Kier alpha value is -0.820. The van der Waals surface area contributed by atoms with Crippen LogP contribution in [0.15, 0.2) is 24.3 Å². The number of benzene rings is 1. The van der Waals surface area contributed by atoms with Crippen LogP contribution < -0.4 is 0 Å². The van der Waals surface area contributed by atoms with Gasteiger partial charge in [0.1, 0.15) is 0 Å². The molecule has 1 aromatic rings. The summed E-state index contributed by atoms with van der Waals surface area (Å²) in [5, 5.41) is 9.72. The van der Waals surface area contributed by atoms with Crippen molar-refractivity contribution >= 4 is 0 Å². The third kappa shape index (κ3) is 5.88. The lowest BCUT2D eigenvalue weighted by atomic mass is 10.0. The molecule has 0 aliphatic rings. The molecule has 1 nitrogen and oxygen atoms in total. The highest BCUT2D eigenvalue weighted by Crippen LogP contribution is 2.12. The van der Waals surface area contributed by atoms with Gasteiger partial charge < -0.3 is 5.11 Å². The van der Waals surface area contributed by atoms with Crippen LogP contribution >= 0.6 is 0 Å². The Bertz CT molecular complexity index is 306. The molecule has 96 valence electrons. The topological polar surface area (TPSA) is 20.2 Å². The molecule has 0 bridgehead atoms. The van der Waals surface area contributed by atoms with Gasteiger partial charge in [-0.15, -0.1) is 0 Å². The molecule has 0 radical (unpaired) electrons.